The molecule has 7 nitrogen and oxygen atoms in total. The minimum absolute atomic E-state index is 0.102. The van der Waals surface area contributed by atoms with Crippen molar-refractivity contribution in [3.05, 3.63) is 23.2 Å². The lowest BCUT2D eigenvalue weighted by Crippen LogP contribution is -2.38. The zero-order chi connectivity index (χ0) is 18.4. The van der Waals surface area contributed by atoms with Crippen molar-refractivity contribution < 1.29 is 19.1 Å². The van der Waals surface area contributed by atoms with Crippen molar-refractivity contribution in [1.82, 2.24) is 10.2 Å². The molecular formula is C18H24ClN3O4. The second kappa shape index (κ2) is 9.21. The van der Waals surface area contributed by atoms with E-state index in [1.807, 2.05) is 0 Å². The number of nitrogens with zero attached hydrogens (tertiary/aromatic N) is 1. The van der Waals surface area contributed by atoms with Gasteiger partial charge in [0.1, 0.15) is 12.4 Å². The van der Waals surface area contributed by atoms with Gasteiger partial charge < -0.3 is 20.1 Å². The normalized spacial score (nSPS) is 20.5. The second-order valence-corrected chi connectivity index (χ2v) is 6.94. The fraction of sp³-hybridized carbons (Fsp3) is 0.556. The molecule has 3 rings (SSSR count). The van der Waals surface area contributed by atoms with Crippen LogP contribution in [0.2, 0.25) is 5.02 Å². The van der Waals surface area contributed by atoms with Gasteiger partial charge in [-0.2, -0.15) is 0 Å². The molecule has 1 saturated heterocycles. The molecule has 2 N–H and O–H groups in total. The van der Waals surface area contributed by atoms with Crippen molar-refractivity contribution in [3.8, 4) is 5.75 Å². The molecule has 8 heteroatoms. The van der Waals surface area contributed by atoms with Gasteiger partial charge in [-0.1, -0.05) is 11.6 Å². The highest BCUT2D eigenvalue weighted by molar-refractivity contribution is 6.31. The van der Waals surface area contributed by atoms with E-state index in [1.165, 1.54) is 0 Å². The van der Waals surface area contributed by atoms with E-state index in [2.05, 4.69) is 15.5 Å². The first-order chi connectivity index (χ1) is 12.6. The number of halogens is 1. The maximum absolute atomic E-state index is 12.3. The highest BCUT2D eigenvalue weighted by atomic mass is 35.5. The summed E-state index contributed by atoms with van der Waals surface area (Å²) in [5.41, 5.74) is 0.538. The maximum atomic E-state index is 12.3. The molecule has 142 valence electrons. The number of benzene rings is 1. The third kappa shape index (κ3) is 5.33. The first kappa shape index (κ1) is 18.9. The Morgan fingerprint density at radius 1 is 1.35 bits per heavy atom. The van der Waals surface area contributed by atoms with Crippen LogP contribution in [0.25, 0.3) is 0 Å². The van der Waals surface area contributed by atoms with Crippen LogP contribution in [0.3, 0.4) is 0 Å². The van der Waals surface area contributed by atoms with E-state index in [0.717, 1.165) is 39.3 Å². The van der Waals surface area contributed by atoms with Crippen LogP contribution in [-0.4, -0.2) is 62.7 Å². The molecule has 1 atom stereocenters. The van der Waals surface area contributed by atoms with Crippen LogP contribution in [0.4, 0.5) is 5.69 Å². The van der Waals surface area contributed by atoms with E-state index in [1.54, 1.807) is 18.2 Å². The van der Waals surface area contributed by atoms with Gasteiger partial charge in [0.15, 0.2) is 0 Å². The number of carbonyl (C=O) groups excluding carboxylic acids is 2. The highest BCUT2D eigenvalue weighted by Gasteiger charge is 2.27. The number of ether oxygens (including phenoxy) is 2. The summed E-state index contributed by atoms with van der Waals surface area (Å²) in [6, 6.07) is 5.06. The molecular weight excluding hydrogens is 358 g/mol. The third-order valence-electron chi connectivity index (χ3n) is 4.52. The summed E-state index contributed by atoms with van der Waals surface area (Å²) in [7, 11) is 0. The van der Waals surface area contributed by atoms with E-state index in [0.29, 0.717) is 23.0 Å². The Morgan fingerprint density at radius 3 is 2.96 bits per heavy atom. The van der Waals surface area contributed by atoms with Gasteiger partial charge in [0.05, 0.1) is 24.8 Å². The number of nitrogens with one attached hydrogen (secondary N) is 2. The van der Waals surface area contributed by atoms with Crippen LogP contribution in [0.1, 0.15) is 12.8 Å². The summed E-state index contributed by atoms with van der Waals surface area (Å²) in [6.07, 6.45) is 0.980. The molecule has 0 bridgehead atoms. The summed E-state index contributed by atoms with van der Waals surface area (Å²) in [5.74, 6) is -0.328. The number of fused-ring (bicyclic) bond motifs is 1. The van der Waals surface area contributed by atoms with E-state index >= 15 is 0 Å². The molecule has 1 aromatic carbocycles. The van der Waals surface area contributed by atoms with Gasteiger partial charge >= 0.3 is 0 Å². The molecule has 0 aromatic heterocycles. The third-order valence-corrected chi connectivity index (χ3v) is 4.75. The average Bonchev–Trinajstić information content (AvgIpc) is 2.78. The quantitative estimate of drug-likeness (QED) is 0.730. The monoisotopic (exact) mass is 381 g/mol. The minimum atomic E-state index is -0.527. The number of carbonyl (C=O) groups is 2. The predicted octanol–water partition coefficient (Wildman–Crippen LogP) is 1.52. The Morgan fingerprint density at radius 2 is 2.15 bits per heavy atom. The Bertz CT molecular complexity index is 649. The van der Waals surface area contributed by atoms with Crippen molar-refractivity contribution in [2.24, 2.45) is 5.92 Å². The lowest BCUT2D eigenvalue weighted by Gasteiger charge is -2.26. The molecule has 0 aliphatic carbocycles. The Hall–Kier alpha value is -1.83. The van der Waals surface area contributed by atoms with Crippen LogP contribution in [0.15, 0.2) is 18.2 Å². The average molecular weight is 382 g/mol. The summed E-state index contributed by atoms with van der Waals surface area (Å²) in [4.78, 5) is 26.8. The number of morpholine rings is 1. The Balaban J connectivity index is 1.40. The van der Waals surface area contributed by atoms with Crippen molar-refractivity contribution in [3.63, 3.8) is 0 Å². The topological polar surface area (TPSA) is 79.9 Å². The number of hydrogen-bond acceptors (Lipinski definition) is 5. The molecule has 0 radical (unpaired) electrons. The van der Waals surface area contributed by atoms with Gasteiger partial charge in [0, 0.05) is 31.1 Å². The van der Waals surface area contributed by atoms with Crippen LogP contribution in [-0.2, 0) is 14.3 Å². The van der Waals surface area contributed by atoms with E-state index in [-0.39, 0.29) is 24.8 Å². The molecule has 1 fully saturated rings. The highest BCUT2D eigenvalue weighted by Crippen LogP contribution is 2.31. The molecule has 26 heavy (non-hydrogen) atoms. The van der Waals surface area contributed by atoms with Crippen molar-refractivity contribution in [2.45, 2.75) is 12.8 Å². The summed E-state index contributed by atoms with van der Waals surface area (Å²) in [6.45, 7) is 5.14. The molecule has 2 heterocycles. The lowest BCUT2D eigenvalue weighted by molar-refractivity contribution is -0.128. The van der Waals surface area contributed by atoms with Gasteiger partial charge in [0.2, 0.25) is 11.8 Å². The van der Waals surface area contributed by atoms with Gasteiger partial charge in [-0.25, -0.2) is 0 Å². The maximum Gasteiger partial charge on any atom is 0.231 e. The number of rotatable bonds is 6. The van der Waals surface area contributed by atoms with Crippen molar-refractivity contribution in [1.29, 1.82) is 0 Å². The Kier molecular flexibility index (Phi) is 6.71. The molecule has 2 amide bonds. The lowest BCUT2D eigenvalue weighted by atomic mass is 10.1. The SMILES string of the molecule is O=C(CC1COc2ccc(Cl)cc2NC1=O)NCCCN1CCOCC1. The molecule has 0 spiro atoms. The second-order valence-electron chi connectivity index (χ2n) is 6.50. The Labute approximate surface area is 158 Å². The summed E-state index contributed by atoms with van der Waals surface area (Å²) < 4.78 is 11.0. The first-order valence-corrected chi connectivity index (χ1v) is 9.29. The molecule has 1 aromatic rings. The van der Waals surface area contributed by atoms with Crippen molar-refractivity contribution >= 4 is 29.1 Å². The van der Waals surface area contributed by atoms with Crippen LogP contribution in [0.5, 0.6) is 5.75 Å². The van der Waals surface area contributed by atoms with E-state index in [9.17, 15) is 9.59 Å². The van der Waals surface area contributed by atoms with E-state index in [4.69, 9.17) is 21.1 Å². The summed E-state index contributed by atoms with van der Waals surface area (Å²) >= 11 is 5.94. The fourth-order valence-corrected chi connectivity index (χ4v) is 3.20. The van der Waals surface area contributed by atoms with Gasteiger partial charge in [-0.3, -0.25) is 14.5 Å². The zero-order valence-electron chi connectivity index (χ0n) is 14.6. The van der Waals surface area contributed by atoms with Crippen LogP contribution >= 0.6 is 11.6 Å². The minimum Gasteiger partial charge on any atom is -0.491 e. The van der Waals surface area contributed by atoms with Crippen LogP contribution in [0, 0.1) is 5.92 Å². The summed E-state index contributed by atoms with van der Waals surface area (Å²) in [5, 5.41) is 6.19. The number of hydrogen-bond donors (Lipinski definition) is 2. The van der Waals surface area contributed by atoms with Crippen molar-refractivity contribution in [2.75, 3.05) is 51.3 Å². The predicted molar refractivity (Wildman–Crippen MR) is 98.6 cm³/mol. The molecule has 1 unspecified atom stereocenters. The standard InChI is InChI=1S/C18H24ClN3O4/c19-14-2-3-16-15(11-14)21-18(24)13(12-26-16)10-17(23)20-4-1-5-22-6-8-25-9-7-22/h2-3,11,13H,1,4-10,12H2,(H,20,23)(H,21,24). The number of amides is 2. The van der Waals surface area contributed by atoms with Crippen LogP contribution < -0.4 is 15.4 Å². The first-order valence-electron chi connectivity index (χ1n) is 8.92. The number of anilines is 1. The van der Waals surface area contributed by atoms with Gasteiger partial charge in [0.25, 0.3) is 0 Å². The molecule has 2 aliphatic heterocycles. The van der Waals surface area contributed by atoms with E-state index < -0.39 is 5.92 Å². The zero-order valence-corrected chi connectivity index (χ0v) is 15.4. The smallest absolute Gasteiger partial charge is 0.231 e. The largest absolute Gasteiger partial charge is 0.491 e. The van der Waals surface area contributed by atoms with Gasteiger partial charge in [-0.15, -0.1) is 0 Å². The molecule has 2 aliphatic rings. The van der Waals surface area contributed by atoms with Gasteiger partial charge in [-0.05, 0) is 31.2 Å². The fourth-order valence-electron chi connectivity index (χ4n) is 3.03. The molecule has 0 saturated carbocycles.